The first-order valence-electron chi connectivity index (χ1n) is 8.50. The normalized spacial score (nSPS) is 11.6. The summed E-state index contributed by atoms with van der Waals surface area (Å²) >= 11 is 6.10. The van der Waals surface area contributed by atoms with Gasteiger partial charge in [0, 0.05) is 32.2 Å². The molecule has 27 heavy (non-hydrogen) atoms. The van der Waals surface area contributed by atoms with E-state index in [9.17, 15) is 17.6 Å². The molecule has 0 atom stereocenters. The van der Waals surface area contributed by atoms with Crippen LogP contribution in [0.2, 0.25) is 5.02 Å². The molecule has 0 N–H and O–H groups in total. The molecule has 5 nitrogen and oxygen atoms in total. The fourth-order valence-electron chi connectivity index (χ4n) is 2.74. The molecule has 146 valence electrons. The van der Waals surface area contributed by atoms with Crippen LogP contribution >= 0.6 is 11.6 Å². The van der Waals surface area contributed by atoms with E-state index in [4.69, 9.17) is 11.6 Å². The second-order valence-electron chi connectivity index (χ2n) is 6.03. The van der Waals surface area contributed by atoms with Crippen molar-refractivity contribution in [1.82, 2.24) is 9.21 Å². The Hall–Kier alpha value is -1.96. The van der Waals surface area contributed by atoms with Gasteiger partial charge >= 0.3 is 0 Å². The summed E-state index contributed by atoms with van der Waals surface area (Å²) in [5.74, 6) is -0.764. The van der Waals surface area contributed by atoms with Gasteiger partial charge in [0.05, 0.1) is 5.02 Å². The van der Waals surface area contributed by atoms with Gasteiger partial charge in [-0.25, -0.2) is 12.8 Å². The van der Waals surface area contributed by atoms with E-state index in [2.05, 4.69) is 0 Å². The molecule has 2 rings (SSSR count). The van der Waals surface area contributed by atoms with Crippen LogP contribution < -0.4 is 0 Å². The molecule has 0 aliphatic rings. The monoisotopic (exact) mass is 412 g/mol. The summed E-state index contributed by atoms with van der Waals surface area (Å²) < 4.78 is 40.1. The minimum atomic E-state index is -3.80. The average Bonchev–Trinajstić information content (AvgIpc) is 2.62. The molecule has 0 aliphatic carbocycles. The fourth-order valence-corrected chi connectivity index (χ4v) is 4.70. The Morgan fingerprint density at radius 1 is 1.11 bits per heavy atom. The third-order valence-corrected chi connectivity index (χ3v) is 6.69. The average molecular weight is 413 g/mol. The molecule has 0 bridgehead atoms. The molecular formula is C19H22ClFN2O3S. The Balaban J connectivity index is 2.32. The predicted molar refractivity (Wildman–Crippen MR) is 104 cm³/mol. The van der Waals surface area contributed by atoms with Crippen LogP contribution in [-0.2, 0) is 16.6 Å². The molecular weight excluding hydrogens is 391 g/mol. The number of amides is 1. The zero-order valence-corrected chi connectivity index (χ0v) is 17.0. The van der Waals surface area contributed by atoms with Crippen molar-refractivity contribution in [3.8, 4) is 0 Å². The lowest BCUT2D eigenvalue weighted by Gasteiger charge is -2.21. The van der Waals surface area contributed by atoms with Crippen LogP contribution in [0, 0.1) is 5.82 Å². The number of benzene rings is 2. The number of hydrogen-bond acceptors (Lipinski definition) is 3. The molecule has 0 fully saturated rings. The molecule has 0 saturated heterocycles. The predicted octanol–water partition coefficient (Wildman–Crippen LogP) is 3.78. The van der Waals surface area contributed by atoms with E-state index in [1.165, 1.54) is 39.5 Å². The first kappa shape index (κ1) is 21.3. The molecule has 0 radical (unpaired) electrons. The van der Waals surface area contributed by atoms with E-state index in [0.29, 0.717) is 18.7 Å². The minimum absolute atomic E-state index is 0.0613. The van der Waals surface area contributed by atoms with Gasteiger partial charge in [-0.05, 0) is 35.9 Å². The topological polar surface area (TPSA) is 57.7 Å². The Kier molecular flexibility index (Phi) is 6.97. The molecule has 0 saturated carbocycles. The third kappa shape index (κ3) is 4.86. The zero-order valence-electron chi connectivity index (χ0n) is 15.4. The molecule has 0 aliphatic heterocycles. The highest BCUT2D eigenvalue weighted by Gasteiger charge is 2.26. The highest BCUT2D eigenvalue weighted by molar-refractivity contribution is 7.89. The van der Waals surface area contributed by atoms with Gasteiger partial charge in [0.15, 0.2) is 0 Å². The number of carbonyl (C=O) groups is 1. The van der Waals surface area contributed by atoms with Crippen LogP contribution in [0.15, 0.2) is 47.4 Å². The second-order valence-corrected chi connectivity index (χ2v) is 8.34. The van der Waals surface area contributed by atoms with E-state index in [1.54, 1.807) is 33.0 Å². The summed E-state index contributed by atoms with van der Waals surface area (Å²) in [6, 6.07) is 10.1. The Morgan fingerprint density at radius 3 is 2.37 bits per heavy atom. The first-order valence-corrected chi connectivity index (χ1v) is 10.3. The van der Waals surface area contributed by atoms with Crippen LogP contribution in [-0.4, -0.2) is 43.7 Å². The summed E-state index contributed by atoms with van der Waals surface area (Å²) in [4.78, 5) is 14.0. The maximum atomic E-state index is 13.3. The standard InChI is InChI=1S/C19H22ClFN2O3S/c1-4-23(5-2)27(25,26)18-12-15(9-10-17(18)20)19(24)22(3)13-14-7-6-8-16(21)11-14/h6-12H,4-5,13H2,1-3H3. The number of nitrogens with zero attached hydrogens (tertiary/aromatic N) is 2. The first-order chi connectivity index (χ1) is 12.7. The van der Waals surface area contributed by atoms with Crippen molar-refractivity contribution in [3.63, 3.8) is 0 Å². The van der Waals surface area contributed by atoms with Crippen molar-refractivity contribution >= 4 is 27.5 Å². The number of rotatable bonds is 7. The molecule has 0 aromatic heterocycles. The van der Waals surface area contributed by atoms with Crippen LogP contribution in [0.5, 0.6) is 0 Å². The highest BCUT2D eigenvalue weighted by atomic mass is 35.5. The number of sulfonamides is 1. The Morgan fingerprint density at radius 2 is 1.78 bits per heavy atom. The maximum absolute atomic E-state index is 13.3. The third-order valence-electron chi connectivity index (χ3n) is 4.16. The molecule has 1 amide bonds. The quantitative estimate of drug-likeness (QED) is 0.695. The summed E-state index contributed by atoms with van der Waals surface area (Å²) in [6.07, 6.45) is 0. The van der Waals surface area contributed by atoms with Gasteiger partial charge in [-0.15, -0.1) is 0 Å². The van der Waals surface area contributed by atoms with Gasteiger partial charge in [0.2, 0.25) is 10.0 Å². The molecule has 0 unspecified atom stereocenters. The zero-order chi connectivity index (χ0) is 20.2. The number of hydrogen-bond donors (Lipinski definition) is 0. The van der Waals surface area contributed by atoms with Crippen molar-refractivity contribution in [2.24, 2.45) is 0 Å². The van der Waals surface area contributed by atoms with Gasteiger partial charge in [-0.3, -0.25) is 4.79 Å². The van der Waals surface area contributed by atoms with E-state index in [1.807, 2.05) is 0 Å². The van der Waals surface area contributed by atoms with Crippen LogP contribution in [0.1, 0.15) is 29.8 Å². The lowest BCUT2D eigenvalue weighted by atomic mass is 10.1. The maximum Gasteiger partial charge on any atom is 0.253 e. The van der Waals surface area contributed by atoms with Crippen molar-refractivity contribution in [1.29, 1.82) is 0 Å². The fraction of sp³-hybridized carbons (Fsp3) is 0.316. The van der Waals surface area contributed by atoms with Crippen molar-refractivity contribution in [2.75, 3.05) is 20.1 Å². The van der Waals surface area contributed by atoms with Gasteiger partial charge in [-0.2, -0.15) is 4.31 Å². The Bertz CT molecular complexity index is 930. The lowest BCUT2D eigenvalue weighted by molar-refractivity contribution is 0.0784. The minimum Gasteiger partial charge on any atom is -0.337 e. The van der Waals surface area contributed by atoms with Gasteiger partial charge in [0.1, 0.15) is 10.7 Å². The van der Waals surface area contributed by atoms with E-state index in [-0.39, 0.29) is 33.8 Å². The van der Waals surface area contributed by atoms with Gasteiger partial charge in [-0.1, -0.05) is 37.6 Å². The molecule has 8 heteroatoms. The van der Waals surface area contributed by atoms with Crippen molar-refractivity contribution in [2.45, 2.75) is 25.3 Å². The van der Waals surface area contributed by atoms with Crippen molar-refractivity contribution in [3.05, 3.63) is 64.4 Å². The van der Waals surface area contributed by atoms with Crippen molar-refractivity contribution < 1.29 is 17.6 Å². The summed E-state index contributed by atoms with van der Waals surface area (Å²) in [5.41, 5.74) is 0.833. The van der Waals surface area contributed by atoms with Crippen LogP contribution in [0.25, 0.3) is 0 Å². The number of carbonyl (C=O) groups excluding carboxylic acids is 1. The summed E-state index contributed by atoms with van der Waals surface area (Å²) in [5, 5.41) is 0.0613. The van der Waals surface area contributed by atoms with Crippen LogP contribution in [0.4, 0.5) is 4.39 Å². The van der Waals surface area contributed by atoms with E-state index in [0.717, 1.165) is 0 Å². The number of halogens is 2. The largest absolute Gasteiger partial charge is 0.337 e. The summed E-state index contributed by atoms with van der Waals surface area (Å²) in [7, 11) is -2.23. The van der Waals surface area contributed by atoms with E-state index >= 15 is 0 Å². The highest BCUT2D eigenvalue weighted by Crippen LogP contribution is 2.26. The Labute approximate surface area is 164 Å². The lowest BCUT2D eigenvalue weighted by Crippen LogP contribution is -2.31. The van der Waals surface area contributed by atoms with Crippen LogP contribution in [0.3, 0.4) is 0 Å². The molecule has 0 heterocycles. The van der Waals surface area contributed by atoms with Gasteiger partial charge < -0.3 is 4.90 Å². The van der Waals surface area contributed by atoms with E-state index < -0.39 is 10.0 Å². The SMILES string of the molecule is CCN(CC)S(=O)(=O)c1cc(C(=O)N(C)Cc2cccc(F)c2)ccc1Cl. The smallest absolute Gasteiger partial charge is 0.253 e. The second kappa shape index (κ2) is 8.82. The molecule has 0 spiro atoms. The summed E-state index contributed by atoms with van der Waals surface area (Å²) in [6.45, 7) is 4.25. The molecule has 2 aromatic carbocycles. The molecule has 2 aromatic rings. The van der Waals surface area contributed by atoms with Gasteiger partial charge in [0.25, 0.3) is 5.91 Å².